The minimum atomic E-state index is 0.458. The summed E-state index contributed by atoms with van der Waals surface area (Å²) in [4.78, 5) is 10.9. The lowest BCUT2D eigenvalue weighted by Gasteiger charge is -2.12. The van der Waals surface area contributed by atoms with E-state index >= 15 is 0 Å². The third kappa shape index (κ3) is 3.20. The van der Waals surface area contributed by atoms with E-state index in [4.69, 9.17) is 4.74 Å². The predicted molar refractivity (Wildman–Crippen MR) is 69.2 cm³/mol. The Morgan fingerprint density at radius 3 is 2.81 bits per heavy atom. The molecular weight excluding hydrogens is 268 g/mol. The van der Waals surface area contributed by atoms with Gasteiger partial charge in [-0.15, -0.1) is 0 Å². The molecule has 1 rings (SSSR count). The number of carbonyl (C=O) groups is 1. The first-order valence-electron chi connectivity index (χ1n) is 5.13. The minimum absolute atomic E-state index is 0.458. The molecule has 0 amide bonds. The highest BCUT2D eigenvalue weighted by molar-refractivity contribution is 9.10. The number of aryl methyl sites for hydroxylation is 1. The molecule has 0 aliphatic heterocycles. The van der Waals surface area contributed by atoms with Gasteiger partial charge in [0.15, 0.2) is 6.29 Å². The lowest BCUT2D eigenvalue weighted by atomic mass is 10.1. The van der Waals surface area contributed by atoms with Crippen molar-refractivity contribution in [1.82, 2.24) is 0 Å². The van der Waals surface area contributed by atoms with Crippen molar-refractivity contribution < 1.29 is 9.53 Å². The summed E-state index contributed by atoms with van der Waals surface area (Å²) in [6.45, 7) is 8.27. The zero-order valence-corrected chi connectivity index (χ0v) is 11.1. The van der Waals surface area contributed by atoms with Crippen LogP contribution in [-0.2, 0) is 0 Å². The van der Waals surface area contributed by atoms with E-state index in [9.17, 15) is 4.79 Å². The highest BCUT2D eigenvalue weighted by atomic mass is 79.9. The number of hydrogen-bond donors (Lipinski definition) is 0. The summed E-state index contributed by atoms with van der Waals surface area (Å²) in [5.74, 6) is 0.646. The molecule has 0 radical (unpaired) electrons. The maximum absolute atomic E-state index is 10.9. The molecule has 0 spiro atoms. The van der Waals surface area contributed by atoms with E-state index in [2.05, 4.69) is 22.5 Å². The summed E-state index contributed by atoms with van der Waals surface area (Å²) in [7, 11) is 0. The third-order valence-corrected chi connectivity index (χ3v) is 2.77. The van der Waals surface area contributed by atoms with Gasteiger partial charge in [0.25, 0.3) is 0 Å². The summed E-state index contributed by atoms with van der Waals surface area (Å²) in [6, 6.07) is 3.68. The van der Waals surface area contributed by atoms with Crippen molar-refractivity contribution in [3.05, 3.63) is 39.9 Å². The van der Waals surface area contributed by atoms with Crippen LogP contribution in [0.4, 0.5) is 0 Å². The summed E-state index contributed by atoms with van der Waals surface area (Å²) < 4.78 is 6.50. The van der Waals surface area contributed by atoms with E-state index in [1.165, 1.54) is 0 Å². The highest BCUT2D eigenvalue weighted by Crippen LogP contribution is 2.27. The molecule has 0 fully saturated rings. The first kappa shape index (κ1) is 13.0. The topological polar surface area (TPSA) is 26.3 Å². The molecule has 86 valence electrons. The van der Waals surface area contributed by atoms with Crippen molar-refractivity contribution in [3.63, 3.8) is 0 Å². The Labute approximate surface area is 104 Å². The van der Waals surface area contributed by atoms with Gasteiger partial charge in [-0.3, -0.25) is 4.79 Å². The Hall–Kier alpha value is -1.09. The molecule has 1 aromatic rings. The zero-order chi connectivity index (χ0) is 12.1. The van der Waals surface area contributed by atoms with Crippen molar-refractivity contribution in [2.45, 2.75) is 20.3 Å². The summed E-state index contributed by atoms with van der Waals surface area (Å²) in [5, 5.41) is 0. The summed E-state index contributed by atoms with van der Waals surface area (Å²) in [5.41, 5.74) is 2.52. The molecule has 0 saturated carbocycles. The minimum Gasteiger partial charge on any atom is -0.488 e. The fraction of sp³-hybridized carbons (Fsp3) is 0.308. The summed E-state index contributed by atoms with van der Waals surface area (Å²) in [6.07, 6.45) is 1.69. The van der Waals surface area contributed by atoms with Crippen LogP contribution < -0.4 is 4.74 Å². The third-order valence-electron chi connectivity index (χ3n) is 2.32. The van der Waals surface area contributed by atoms with Crippen LogP contribution in [0.1, 0.15) is 29.3 Å². The van der Waals surface area contributed by atoms with Gasteiger partial charge in [0.1, 0.15) is 12.4 Å². The predicted octanol–water partition coefficient (Wildman–Crippen LogP) is 3.92. The van der Waals surface area contributed by atoms with Crippen LogP contribution in [0.15, 0.2) is 28.8 Å². The normalized spacial score (nSPS) is 9.94. The highest BCUT2D eigenvalue weighted by Gasteiger charge is 2.08. The molecule has 0 aliphatic carbocycles. The van der Waals surface area contributed by atoms with E-state index in [1.54, 1.807) is 6.07 Å². The van der Waals surface area contributed by atoms with E-state index < -0.39 is 0 Å². The van der Waals surface area contributed by atoms with Gasteiger partial charge >= 0.3 is 0 Å². The van der Waals surface area contributed by atoms with Gasteiger partial charge < -0.3 is 4.74 Å². The standard InChI is InChI=1S/C13H15BrO2/c1-4-9(2)8-16-13-10(3)5-12(14)6-11(13)7-15/h5-7H,2,4,8H2,1,3H3. The second-order valence-corrected chi connectivity index (χ2v) is 4.57. The molecule has 16 heavy (non-hydrogen) atoms. The van der Waals surface area contributed by atoms with Gasteiger partial charge in [0.2, 0.25) is 0 Å². The average Bonchev–Trinajstić information content (AvgIpc) is 2.26. The molecule has 0 saturated heterocycles. The van der Waals surface area contributed by atoms with Crippen molar-refractivity contribution in [1.29, 1.82) is 0 Å². The van der Waals surface area contributed by atoms with Crippen molar-refractivity contribution in [2.75, 3.05) is 6.61 Å². The number of aldehydes is 1. The number of carbonyl (C=O) groups excluding carboxylic acids is 1. The molecule has 2 nitrogen and oxygen atoms in total. The molecule has 0 atom stereocenters. The fourth-order valence-corrected chi connectivity index (χ4v) is 1.91. The van der Waals surface area contributed by atoms with Gasteiger partial charge in [-0.05, 0) is 36.6 Å². The molecular formula is C13H15BrO2. The lowest BCUT2D eigenvalue weighted by molar-refractivity contribution is 0.111. The van der Waals surface area contributed by atoms with Crippen LogP contribution >= 0.6 is 15.9 Å². The van der Waals surface area contributed by atoms with Crippen molar-refractivity contribution in [2.24, 2.45) is 0 Å². The average molecular weight is 283 g/mol. The molecule has 0 bridgehead atoms. The SMILES string of the molecule is C=C(CC)COc1c(C)cc(Br)cc1C=O. The van der Waals surface area contributed by atoms with E-state index in [-0.39, 0.29) is 0 Å². The molecule has 0 aliphatic rings. The molecule has 0 N–H and O–H groups in total. The molecule has 0 heterocycles. The maximum atomic E-state index is 10.9. The zero-order valence-electron chi connectivity index (χ0n) is 9.55. The van der Waals surface area contributed by atoms with Gasteiger partial charge in [-0.1, -0.05) is 29.4 Å². The van der Waals surface area contributed by atoms with Crippen molar-refractivity contribution >= 4 is 22.2 Å². The Balaban J connectivity index is 2.94. The number of benzene rings is 1. The van der Waals surface area contributed by atoms with Gasteiger partial charge in [-0.25, -0.2) is 0 Å². The van der Waals surface area contributed by atoms with Gasteiger partial charge in [0.05, 0.1) is 5.56 Å². The second kappa shape index (κ2) is 5.85. The Morgan fingerprint density at radius 1 is 1.56 bits per heavy atom. The monoisotopic (exact) mass is 282 g/mol. The fourth-order valence-electron chi connectivity index (χ4n) is 1.32. The molecule has 0 aromatic heterocycles. The number of rotatable bonds is 5. The van der Waals surface area contributed by atoms with Gasteiger partial charge in [0, 0.05) is 4.47 Å². The van der Waals surface area contributed by atoms with Crippen LogP contribution in [0.2, 0.25) is 0 Å². The first-order valence-corrected chi connectivity index (χ1v) is 5.92. The Kier molecular flexibility index (Phi) is 4.74. The van der Waals surface area contributed by atoms with E-state index in [0.717, 1.165) is 28.3 Å². The molecule has 1 aromatic carbocycles. The first-order chi connectivity index (χ1) is 7.58. The summed E-state index contributed by atoms with van der Waals surface area (Å²) >= 11 is 3.35. The van der Waals surface area contributed by atoms with Crippen LogP contribution in [0.3, 0.4) is 0 Å². The van der Waals surface area contributed by atoms with Crippen LogP contribution in [-0.4, -0.2) is 12.9 Å². The maximum Gasteiger partial charge on any atom is 0.153 e. The Bertz CT molecular complexity index is 411. The smallest absolute Gasteiger partial charge is 0.153 e. The number of halogens is 1. The van der Waals surface area contributed by atoms with Crippen LogP contribution in [0, 0.1) is 6.92 Å². The van der Waals surface area contributed by atoms with Gasteiger partial charge in [-0.2, -0.15) is 0 Å². The second-order valence-electron chi connectivity index (χ2n) is 3.65. The largest absolute Gasteiger partial charge is 0.488 e. The lowest BCUT2D eigenvalue weighted by Crippen LogP contribution is -2.03. The van der Waals surface area contributed by atoms with Crippen LogP contribution in [0.5, 0.6) is 5.75 Å². The molecule has 3 heteroatoms. The molecule has 0 unspecified atom stereocenters. The van der Waals surface area contributed by atoms with E-state index in [1.807, 2.05) is 19.9 Å². The number of ether oxygens (including phenoxy) is 1. The van der Waals surface area contributed by atoms with Crippen molar-refractivity contribution in [3.8, 4) is 5.75 Å². The number of hydrogen-bond acceptors (Lipinski definition) is 2. The Morgan fingerprint density at radius 2 is 2.25 bits per heavy atom. The van der Waals surface area contributed by atoms with E-state index in [0.29, 0.717) is 17.9 Å². The van der Waals surface area contributed by atoms with Crippen LogP contribution in [0.25, 0.3) is 0 Å². The quantitative estimate of drug-likeness (QED) is 0.605.